The molecule has 5 heteroatoms. The van der Waals surface area contributed by atoms with Gasteiger partial charge in [0, 0.05) is 6.42 Å². The van der Waals surface area contributed by atoms with Crippen molar-refractivity contribution in [1.29, 1.82) is 0 Å². The SMILES string of the molecule is NCCCCCCC(=O)NC(CO)CO. The molecule has 15 heavy (non-hydrogen) atoms. The molecular weight excluding hydrogens is 196 g/mol. The van der Waals surface area contributed by atoms with Crippen LogP contribution in [0.4, 0.5) is 0 Å². The minimum absolute atomic E-state index is 0.115. The van der Waals surface area contributed by atoms with Gasteiger partial charge in [-0.1, -0.05) is 12.8 Å². The van der Waals surface area contributed by atoms with Crippen LogP contribution >= 0.6 is 0 Å². The smallest absolute Gasteiger partial charge is 0.220 e. The summed E-state index contributed by atoms with van der Waals surface area (Å²) in [5.41, 5.74) is 5.34. The maximum Gasteiger partial charge on any atom is 0.220 e. The molecule has 0 saturated carbocycles. The third-order valence-electron chi connectivity index (χ3n) is 2.16. The summed E-state index contributed by atoms with van der Waals surface area (Å²) >= 11 is 0. The van der Waals surface area contributed by atoms with E-state index < -0.39 is 6.04 Å². The summed E-state index contributed by atoms with van der Waals surface area (Å²) in [7, 11) is 0. The molecule has 0 aliphatic rings. The Morgan fingerprint density at radius 1 is 1.13 bits per heavy atom. The fraction of sp³-hybridized carbons (Fsp3) is 0.900. The Morgan fingerprint density at radius 2 is 1.73 bits per heavy atom. The molecule has 0 bridgehead atoms. The third-order valence-corrected chi connectivity index (χ3v) is 2.16. The average Bonchev–Trinajstić information content (AvgIpc) is 2.25. The van der Waals surface area contributed by atoms with E-state index in [1.54, 1.807) is 0 Å². The molecule has 0 unspecified atom stereocenters. The largest absolute Gasteiger partial charge is 0.394 e. The molecule has 1 amide bonds. The van der Waals surface area contributed by atoms with Gasteiger partial charge in [0.2, 0.25) is 5.91 Å². The molecule has 0 atom stereocenters. The zero-order valence-electron chi connectivity index (χ0n) is 9.11. The minimum atomic E-state index is -0.526. The lowest BCUT2D eigenvalue weighted by molar-refractivity contribution is -0.122. The molecule has 0 aromatic rings. The van der Waals surface area contributed by atoms with Crippen molar-refractivity contribution in [2.45, 2.75) is 38.1 Å². The maximum atomic E-state index is 11.2. The highest BCUT2D eigenvalue weighted by Crippen LogP contribution is 2.02. The number of rotatable bonds is 9. The number of hydrogen-bond acceptors (Lipinski definition) is 4. The monoisotopic (exact) mass is 218 g/mol. The predicted molar refractivity (Wildman–Crippen MR) is 58.2 cm³/mol. The van der Waals surface area contributed by atoms with E-state index in [2.05, 4.69) is 5.32 Å². The molecule has 0 rings (SSSR count). The fourth-order valence-corrected chi connectivity index (χ4v) is 1.23. The summed E-state index contributed by atoms with van der Waals surface area (Å²) < 4.78 is 0. The predicted octanol–water partition coefficient (Wildman–Crippen LogP) is -0.635. The van der Waals surface area contributed by atoms with Crippen molar-refractivity contribution >= 4 is 5.91 Å². The summed E-state index contributed by atoms with van der Waals surface area (Å²) in [6.07, 6.45) is 4.31. The Bertz CT molecular complexity index is 161. The summed E-state index contributed by atoms with van der Waals surface area (Å²) in [6.45, 7) is 0.244. The van der Waals surface area contributed by atoms with Crippen molar-refractivity contribution in [2.24, 2.45) is 5.73 Å². The average molecular weight is 218 g/mol. The Balaban J connectivity index is 3.40. The first-order chi connectivity index (χ1) is 7.24. The van der Waals surface area contributed by atoms with E-state index in [-0.39, 0.29) is 19.1 Å². The quantitative estimate of drug-likeness (QED) is 0.387. The number of unbranched alkanes of at least 4 members (excludes halogenated alkanes) is 3. The molecule has 90 valence electrons. The van der Waals surface area contributed by atoms with Crippen LogP contribution in [-0.4, -0.2) is 41.9 Å². The summed E-state index contributed by atoms with van der Waals surface area (Å²) in [5, 5.41) is 20.0. The number of carbonyl (C=O) groups excluding carboxylic acids is 1. The molecule has 0 fully saturated rings. The lowest BCUT2D eigenvalue weighted by atomic mass is 10.1. The van der Waals surface area contributed by atoms with Crippen molar-refractivity contribution in [2.75, 3.05) is 19.8 Å². The van der Waals surface area contributed by atoms with E-state index in [4.69, 9.17) is 15.9 Å². The molecular formula is C10H22N2O3. The van der Waals surface area contributed by atoms with Gasteiger partial charge in [-0.3, -0.25) is 4.79 Å². The van der Waals surface area contributed by atoms with Gasteiger partial charge >= 0.3 is 0 Å². The Labute approximate surface area is 90.7 Å². The molecule has 0 heterocycles. The van der Waals surface area contributed by atoms with Crippen LogP contribution in [0, 0.1) is 0 Å². The van der Waals surface area contributed by atoms with Crippen molar-refractivity contribution in [1.82, 2.24) is 5.32 Å². The van der Waals surface area contributed by atoms with Crippen LogP contribution in [0.1, 0.15) is 32.1 Å². The molecule has 0 aliphatic heterocycles. The van der Waals surface area contributed by atoms with Gasteiger partial charge in [0.15, 0.2) is 0 Å². The minimum Gasteiger partial charge on any atom is -0.394 e. The first-order valence-corrected chi connectivity index (χ1v) is 5.45. The van der Waals surface area contributed by atoms with Crippen LogP contribution in [0.5, 0.6) is 0 Å². The third kappa shape index (κ3) is 8.35. The van der Waals surface area contributed by atoms with Gasteiger partial charge in [-0.15, -0.1) is 0 Å². The first kappa shape index (κ1) is 14.3. The fourth-order valence-electron chi connectivity index (χ4n) is 1.23. The van der Waals surface area contributed by atoms with Crippen molar-refractivity contribution < 1.29 is 15.0 Å². The second kappa shape index (κ2) is 9.89. The standard InChI is InChI=1S/C10H22N2O3/c11-6-4-2-1-3-5-10(15)12-9(7-13)8-14/h9,13-14H,1-8,11H2,(H,12,15). The maximum absolute atomic E-state index is 11.2. The van der Waals surface area contributed by atoms with E-state index in [1.165, 1.54) is 0 Å². The van der Waals surface area contributed by atoms with E-state index >= 15 is 0 Å². The van der Waals surface area contributed by atoms with Crippen molar-refractivity contribution in [3.63, 3.8) is 0 Å². The Hall–Kier alpha value is -0.650. The molecule has 0 aliphatic carbocycles. The number of nitrogens with one attached hydrogen (secondary N) is 1. The Kier molecular flexibility index (Phi) is 9.46. The van der Waals surface area contributed by atoms with Gasteiger partial charge < -0.3 is 21.3 Å². The highest BCUT2D eigenvalue weighted by molar-refractivity contribution is 5.76. The number of aliphatic hydroxyl groups excluding tert-OH is 2. The number of carbonyl (C=O) groups is 1. The van der Waals surface area contributed by atoms with E-state index in [0.717, 1.165) is 25.7 Å². The van der Waals surface area contributed by atoms with Gasteiger partial charge in [-0.2, -0.15) is 0 Å². The summed E-state index contributed by atoms with van der Waals surface area (Å²) in [6, 6.07) is -0.526. The molecule has 0 saturated heterocycles. The number of hydrogen-bond donors (Lipinski definition) is 4. The topological polar surface area (TPSA) is 95.6 Å². The number of aliphatic hydroxyl groups is 2. The van der Waals surface area contributed by atoms with E-state index in [1.807, 2.05) is 0 Å². The lowest BCUT2D eigenvalue weighted by Gasteiger charge is -2.12. The van der Waals surface area contributed by atoms with E-state index in [9.17, 15) is 4.79 Å². The van der Waals surface area contributed by atoms with Crippen LogP contribution in [0.3, 0.4) is 0 Å². The number of amides is 1. The Morgan fingerprint density at radius 3 is 2.27 bits per heavy atom. The first-order valence-electron chi connectivity index (χ1n) is 5.45. The highest BCUT2D eigenvalue weighted by Gasteiger charge is 2.08. The molecule has 0 aromatic carbocycles. The molecule has 5 nitrogen and oxygen atoms in total. The summed E-state index contributed by atoms with van der Waals surface area (Å²) in [4.78, 5) is 11.2. The van der Waals surface area contributed by atoms with Gasteiger partial charge in [-0.05, 0) is 19.4 Å². The van der Waals surface area contributed by atoms with Gasteiger partial charge in [0.25, 0.3) is 0 Å². The highest BCUT2D eigenvalue weighted by atomic mass is 16.3. The molecule has 0 radical (unpaired) electrons. The van der Waals surface area contributed by atoms with Crippen LogP contribution in [0.2, 0.25) is 0 Å². The van der Waals surface area contributed by atoms with Crippen LogP contribution in [0.25, 0.3) is 0 Å². The zero-order valence-corrected chi connectivity index (χ0v) is 9.11. The van der Waals surface area contributed by atoms with Crippen molar-refractivity contribution in [3.8, 4) is 0 Å². The van der Waals surface area contributed by atoms with Crippen LogP contribution < -0.4 is 11.1 Å². The normalized spacial score (nSPS) is 10.7. The lowest BCUT2D eigenvalue weighted by Crippen LogP contribution is -2.39. The van der Waals surface area contributed by atoms with E-state index in [0.29, 0.717) is 13.0 Å². The zero-order chi connectivity index (χ0) is 11.5. The van der Waals surface area contributed by atoms with Gasteiger partial charge in [0.1, 0.15) is 0 Å². The van der Waals surface area contributed by atoms with Crippen LogP contribution in [0.15, 0.2) is 0 Å². The van der Waals surface area contributed by atoms with Gasteiger partial charge in [0.05, 0.1) is 19.3 Å². The van der Waals surface area contributed by atoms with Gasteiger partial charge in [-0.25, -0.2) is 0 Å². The summed E-state index contributed by atoms with van der Waals surface area (Å²) in [5.74, 6) is -0.115. The second-order valence-electron chi connectivity index (χ2n) is 3.58. The second-order valence-corrected chi connectivity index (χ2v) is 3.58. The number of nitrogens with two attached hydrogens (primary N) is 1. The molecule has 0 aromatic heterocycles. The van der Waals surface area contributed by atoms with Crippen LogP contribution in [-0.2, 0) is 4.79 Å². The molecule has 0 spiro atoms. The van der Waals surface area contributed by atoms with Crippen molar-refractivity contribution in [3.05, 3.63) is 0 Å². The molecule has 5 N–H and O–H groups in total.